The molecule has 10 rings (SSSR count). The Balaban J connectivity index is -0.0000000841. The van der Waals surface area contributed by atoms with Crippen LogP contribution in [0, 0.1) is 69.2 Å². The van der Waals surface area contributed by atoms with Crippen molar-refractivity contribution in [1.82, 2.24) is 111 Å². The second-order valence-electron chi connectivity index (χ2n) is 13.4. The maximum atomic E-state index is 3.92. The van der Waals surface area contributed by atoms with Gasteiger partial charge in [-0.3, -0.25) is 9.97 Å². The van der Waals surface area contributed by atoms with Crippen LogP contribution in [0.5, 0.6) is 0 Å². The largest absolute Gasteiger partial charge is 0.261 e. The van der Waals surface area contributed by atoms with Crippen molar-refractivity contribution in [2.45, 2.75) is 215 Å². The van der Waals surface area contributed by atoms with Gasteiger partial charge in [-0.25, -0.2) is 59.8 Å². The van der Waals surface area contributed by atoms with Crippen LogP contribution in [0.25, 0.3) is 0 Å². The molecule has 0 amide bonds. The minimum absolute atomic E-state index is 0. The fourth-order valence-electron chi connectivity index (χ4n) is 3.59. The van der Waals surface area contributed by atoms with E-state index in [1.807, 2.05) is 224 Å². The molecule has 91 heavy (non-hydrogen) atoms. The highest BCUT2D eigenvalue weighted by molar-refractivity contribution is 5.11. The molecule has 0 aliphatic heterocycles. The van der Waals surface area contributed by atoms with Gasteiger partial charge in [0.2, 0.25) is 0 Å². The fraction of sp³-hybridized carbons (Fsp3) is 0.449. The molecule has 0 radical (unpaired) electrons. The van der Waals surface area contributed by atoms with E-state index in [-0.39, 0.29) is 7.43 Å². The smallest absolute Gasteiger partial charge is 0.147 e. The Bertz CT molecular complexity index is 2000. The molecule has 9 heterocycles. The summed E-state index contributed by atoms with van der Waals surface area (Å²) in [6.07, 6.45) is 32.4. The molecule has 22 heteroatoms. The van der Waals surface area contributed by atoms with Gasteiger partial charge in [0.1, 0.15) is 55.4 Å². The molecule has 10 aromatic rings. The highest BCUT2D eigenvalue weighted by atomic mass is 15.1. The Morgan fingerprint density at radius 3 is 0.901 bits per heavy atom. The molecular formula is C69H122N22. The van der Waals surface area contributed by atoms with Crippen LogP contribution in [0.3, 0.4) is 0 Å². The van der Waals surface area contributed by atoms with Crippen LogP contribution < -0.4 is 0 Å². The second kappa shape index (κ2) is 103. The number of hydrogen-bond donors (Lipinski definition) is 0. The Morgan fingerprint density at radius 1 is 0.209 bits per heavy atom. The summed E-state index contributed by atoms with van der Waals surface area (Å²) >= 11 is 0. The quantitative estimate of drug-likeness (QED) is 0.136. The van der Waals surface area contributed by atoms with Crippen molar-refractivity contribution >= 4 is 0 Å². The molecule has 0 atom stereocenters. The molecule has 0 N–H and O–H groups in total. The standard InChI is InChI=1S/C7H8.5C5H6N2.4C4H5N3.10C2H6.CH4/c1-7-5-3-2-4-6-7;1-5-2-6-4-7-3-5;1-5-4-6-2-3-7-5;1-5-2-3-6-4-7-5;1-5-2-3-6-7-4-5;1-5-6-3-2-4-7-5;1-4-6-2-5-3-7-4;1-4-2-6-7-3-5-4;1-4-2-5-3-6-7-4;1-4-5-2-3-6-7-4;10*1-2;/h2-6H,1H3;5*2-4H,1H3;4*2-3H,1H3;10*1-2H3;1H4. The average molecular weight is 1260 g/mol. The van der Waals surface area contributed by atoms with Crippen LogP contribution in [0.15, 0.2) is 173 Å². The lowest BCUT2D eigenvalue weighted by molar-refractivity contribution is 0.907. The maximum absolute atomic E-state index is 3.92. The molecule has 0 bridgehead atoms. The number of aryl methyl sites for hydroxylation is 10. The van der Waals surface area contributed by atoms with Gasteiger partial charge in [0.05, 0.1) is 41.9 Å². The van der Waals surface area contributed by atoms with Gasteiger partial charge in [0.15, 0.2) is 0 Å². The summed E-state index contributed by atoms with van der Waals surface area (Å²) in [5.74, 6) is 2.29. The van der Waals surface area contributed by atoms with Crippen molar-refractivity contribution in [3.05, 3.63) is 230 Å². The Hall–Kier alpha value is -9.34. The van der Waals surface area contributed by atoms with E-state index in [1.165, 1.54) is 43.5 Å². The SMILES string of the molecule is C.CC.CC.CC.CC.CC.CC.CC.CC.CC.CC.Cc1ccccc1.Cc1ccncn1.Cc1ccnnc1.Cc1cnccn1.Cc1cncnc1.Cc1cncnn1.Cc1cnncn1.Cc1ncccn1.Cc1nccnn1.Cc1ncncn1. The van der Waals surface area contributed by atoms with Gasteiger partial charge in [-0.15, -0.1) is 15.3 Å². The van der Waals surface area contributed by atoms with Gasteiger partial charge >= 0.3 is 0 Å². The average Bonchev–Trinajstić information content (AvgIpc) is 3.63. The lowest BCUT2D eigenvalue weighted by atomic mass is 10.2. The number of benzene rings is 1. The summed E-state index contributed by atoms with van der Waals surface area (Å²) < 4.78 is 0. The first-order chi connectivity index (χ1) is 43.9. The Kier molecular flexibility index (Phi) is 120. The van der Waals surface area contributed by atoms with Crippen molar-refractivity contribution in [2.24, 2.45) is 0 Å². The van der Waals surface area contributed by atoms with E-state index in [0.29, 0.717) is 5.82 Å². The minimum atomic E-state index is 0. The zero-order valence-corrected chi connectivity index (χ0v) is 61.0. The van der Waals surface area contributed by atoms with Crippen LogP contribution in [0.4, 0.5) is 0 Å². The molecule has 22 nitrogen and oxygen atoms in total. The normalized spacial score (nSPS) is 7.36. The van der Waals surface area contributed by atoms with Gasteiger partial charge in [0, 0.05) is 67.7 Å². The lowest BCUT2D eigenvalue weighted by Gasteiger charge is -1.82. The van der Waals surface area contributed by atoms with E-state index >= 15 is 0 Å². The van der Waals surface area contributed by atoms with Crippen LogP contribution >= 0.6 is 0 Å². The van der Waals surface area contributed by atoms with E-state index in [1.54, 1.807) is 99.7 Å². The van der Waals surface area contributed by atoms with Crippen molar-refractivity contribution in [2.75, 3.05) is 0 Å². The minimum Gasteiger partial charge on any atom is -0.261 e. The van der Waals surface area contributed by atoms with Crippen LogP contribution in [-0.4, -0.2) is 111 Å². The first-order valence-corrected chi connectivity index (χ1v) is 31.0. The molecule has 0 spiro atoms. The summed E-state index contributed by atoms with van der Waals surface area (Å²) in [4.78, 5) is 53.1. The predicted octanol–water partition coefficient (Wildman–Crippen LogP) is 17.5. The summed E-state index contributed by atoms with van der Waals surface area (Å²) in [5.41, 5.74) is 7.29. The van der Waals surface area contributed by atoms with Gasteiger partial charge in [0.25, 0.3) is 0 Å². The molecule has 9 aromatic heterocycles. The number of hydrogen-bond acceptors (Lipinski definition) is 22. The Labute approximate surface area is 553 Å². The third kappa shape index (κ3) is 100.0. The van der Waals surface area contributed by atoms with E-state index in [0.717, 1.165) is 45.6 Å². The van der Waals surface area contributed by atoms with E-state index in [2.05, 4.69) is 130 Å². The first-order valence-electron chi connectivity index (χ1n) is 31.0. The highest BCUT2D eigenvalue weighted by Gasteiger charge is 1.81. The first kappa shape index (κ1) is 106. The van der Waals surface area contributed by atoms with Crippen LogP contribution in [0.1, 0.15) is 203 Å². The second-order valence-corrected chi connectivity index (χ2v) is 13.4. The molecule has 0 aliphatic carbocycles. The topological polar surface area (TPSA) is 284 Å². The van der Waals surface area contributed by atoms with Crippen LogP contribution in [0.2, 0.25) is 0 Å². The van der Waals surface area contributed by atoms with Crippen molar-refractivity contribution < 1.29 is 0 Å². The van der Waals surface area contributed by atoms with Crippen molar-refractivity contribution in [3.63, 3.8) is 0 Å². The third-order valence-electron chi connectivity index (χ3n) is 6.92. The highest BCUT2D eigenvalue weighted by Crippen LogP contribution is 1.92. The molecule has 0 fully saturated rings. The number of rotatable bonds is 0. The van der Waals surface area contributed by atoms with E-state index < -0.39 is 0 Å². The van der Waals surface area contributed by atoms with Crippen molar-refractivity contribution in [1.29, 1.82) is 0 Å². The maximum Gasteiger partial charge on any atom is 0.147 e. The summed E-state index contributed by atoms with van der Waals surface area (Å²) in [6.45, 7) is 59.1. The molecule has 0 saturated heterocycles. The van der Waals surface area contributed by atoms with Gasteiger partial charge in [-0.1, -0.05) is 182 Å². The molecule has 0 aliphatic rings. The molecule has 0 saturated carbocycles. The van der Waals surface area contributed by atoms with E-state index in [4.69, 9.17) is 0 Å². The molecular weight excluding hydrogens is 1140 g/mol. The van der Waals surface area contributed by atoms with Crippen LogP contribution in [-0.2, 0) is 0 Å². The summed E-state index contributed by atoms with van der Waals surface area (Å²) in [7, 11) is 0. The van der Waals surface area contributed by atoms with Crippen molar-refractivity contribution in [3.8, 4) is 0 Å². The number of nitrogens with zero attached hydrogens (tertiary/aromatic N) is 22. The molecule has 508 valence electrons. The molecule has 0 unspecified atom stereocenters. The zero-order chi connectivity index (χ0) is 71.1. The fourth-order valence-corrected chi connectivity index (χ4v) is 3.59. The third-order valence-corrected chi connectivity index (χ3v) is 6.92. The van der Waals surface area contributed by atoms with Gasteiger partial charge in [-0.2, -0.15) is 25.5 Å². The van der Waals surface area contributed by atoms with Gasteiger partial charge in [-0.05, 0) is 98.6 Å². The number of aromatic nitrogens is 22. The van der Waals surface area contributed by atoms with Gasteiger partial charge < -0.3 is 0 Å². The summed E-state index contributed by atoms with van der Waals surface area (Å²) in [6, 6.07) is 15.8. The van der Waals surface area contributed by atoms with E-state index in [9.17, 15) is 0 Å². The summed E-state index contributed by atoms with van der Waals surface area (Å²) in [5, 5.41) is 28.7. The lowest BCUT2D eigenvalue weighted by Crippen LogP contribution is -1.85. The monoisotopic (exact) mass is 1260 g/mol. The Morgan fingerprint density at radius 2 is 0.681 bits per heavy atom. The molecule has 1 aromatic carbocycles. The zero-order valence-electron chi connectivity index (χ0n) is 61.0. The predicted molar refractivity (Wildman–Crippen MR) is 383 cm³/mol.